The van der Waals surface area contributed by atoms with Crippen molar-refractivity contribution in [1.29, 1.82) is 0 Å². The molecule has 0 aliphatic heterocycles. The van der Waals surface area contributed by atoms with Crippen molar-refractivity contribution in [3.8, 4) is 0 Å². The molecule has 1 atom stereocenters. The minimum Gasteiger partial charge on any atom is -0.271 e. The minimum atomic E-state index is 0.278. The zero-order valence-corrected chi connectivity index (χ0v) is 13.0. The van der Waals surface area contributed by atoms with Crippen molar-refractivity contribution < 1.29 is 0 Å². The van der Waals surface area contributed by atoms with E-state index in [4.69, 9.17) is 5.84 Å². The normalized spacial score (nSPS) is 19.2. The molecule has 1 aliphatic rings. The van der Waals surface area contributed by atoms with Crippen molar-refractivity contribution >= 4 is 43.2 Å². The Morgan fingerprint density at radius 1 is 1.44 bits per heavy atom. The van der Waals surface area contributed by atoms with Crippen LogP contribution in [0.4, 0.5) is 0 Å². The molecule has 1 heterocycles. The Hall–Kier alpha value is 0.580. The fraction of sp³-hybridized carbons (Fsp3) is 0.636. The number of nitrogens with two attached hydrogens (primary N) is 1. The topological polar surface area (TPSA) is 38.0 Å². The molecule has 1 aromatic rings. The lowest BCUT2D eigenvalue weighted by Crippen LogP contribution is -2.29. The lowest BCUT2D eigenvalue weighted by atomic mass is 9.95. The van der Waals surface area contributed by atoms with Gasteiger partial charge in [-0.25, -0.2) is 0 Å². The lowest BCUT2D eigenvalue weighted by Gasteiger charge is -2.19. The first-order chi connectivity index (χ1) is 7.70. The van der Waals surface area contributed by atoms with Crippen LogP contribution in [0.1, 0.15) is 43.7 Å². The van der Waals surface area contributed by atoms with Crippen LogP contribution >= 0.6 is 43.2 Å². The highest BCUT2D eigenvalue weighted by molar-refractivity contribution is 9.12. The van der Waals surface area contributed by atoms with Crippen molar-refractivity contribution in [3.63, 3.8) is 0 Å². The quantitative estimate of drug-likeness (QED) is 0.612. The first-order valence-corrected chi connectivity index (χ1v) is 8.02. The van der Waals surface area contributed by atoms with Crippen LogP contribution in [0, 0.1) is 5.92 Å². The molecular weight excluding hydrogens is 352 g/mol. The summed E-state index contributed by atoms with van der Waals surface area (Å²) >= 11 is 8.82. The number of nitrogens with one attached hydrogen (secondary N) is 1. The van der Waals surface area contributed by atoms with Crippen molar-refractivity contribution in [2.75, 3.05) is 0 Å². The molecule has 1 saturated carbocycles. The maximum atomic E-state index is 5.68. The molecule has 0 aromatic carbocycles. The molecule has 0 saturated heterocycles. The molecule has 1 unspecified atom stereocenters. The maximum absolute atomic E-state index is 5.68. The van der Waals surface area contributed by atoms with Gasteiger partial charge in [-0.2, -0.15) is 0 Å². The van der Waals surface area contributed by atoms with E-state index in [0.29, 0.717) is 0 Å². The van der Waals surface area contributed by atoms with Gasteiger partial charge in [0, 0.05) is 6.04 Å². The Morgan fingerprint density at radius 3 is 2.62 bits per heavy atom. The Bertz CT molecular complexity index is 348. The maximum Gasteiger partial charge on any atom is 0.0758 e. The lowest BCUT2D eigenvalue weighted by molar-refractivity contribution is 0.400. The Morgan fingerprint density at radius 2 is 2.12 bits per heavy atom. The smallest absolute Gasteiger partial charge is 0.0758 e. The molecule has 5 heteroatoms. The Labute approximate surface area is 117 Å². The zero-order valence-electron chi connectivity index (χ0n) is 9.01. The molecular formula is C11H16Br2N2S. The predicted molar refractivity (Wildman–Crippen MR) is 76.4 cm³/mol. The summed E-state index contributed by atoms with van der Waals surface area (Å²) in [7, 11) is 0. The number of hydrogen-bond donors (Lipinski definition) is 2. The van der Waals surface area contributed by atoms with Gasteiger partial charge in [0.15, 0.2) is 0 Å². The van der Waals surface area contributed by atoms with Crippen LogP contribution < -0.4 is 11.3 Å². The van der Waals surface area contributed by atoms with Gasteiger partial charge in [-0.3, -0.25) is 11.3 Å². The van der Waals surface area contributed by atoms with Crippen LogP contribution in [-0.4, -0.2) is 0 Å². The highest BCUT2D eigenvalue weighted by atomic mass is 79.9. The van der Waals surface area contributed by atoms with E-state index in [0.717, 1.165) is 16.1 Å². The summed E-state index contributed by atoms with van der Waals surface area (Å²) in [6.07, 6.45) is 6.65. The van der Waals surface area contributed by atoms with E-state index in [9.17, 15) is 0 Å². The van der Waals surface area contributed by atoms with Gasteiger partial charge in [0.1, 0.15) is 0 Å². The second-order valence-electron chi connectivity index (χ2n) is 4.38. The number of hydrogen-bond acceptors (Lipinski definition) is 3. The summed E-state index contributed by atoms with van der Waals surface area (Å²) in [6.45, 7) is 0. The number of halogens is 2. The van der Waals surface area contributed by atoms with Gasteiger partial charge in [-0.1, -0.05) is 25.7 Å². The summed E-state index contributed by atoms with van der Waals surface area (Å²) in [4.78, 5) is 0. The number of hydrazine groups is 1. The summed E-state index contributed by atoms with van der Waals surface area (Å²) in [5.41, 5.74) is 4.24. The largest absolute Gasteiger partial charge is 0.271 e. The van der Waals surface area contributed by atoms with Crippen molar-refractivity contribution in [3.05, 3.63) is 19.2 Å². The highest BCUT2D eigenvalue weighted by Crippen LogP contribution is 2.39. The summed E-state index contributed by atoms with van der Waals surface area (Å²) in [5, 5.41) is 0. The molecule has 1 aliphatic carbocycles. The van der Waals surface area contributed by atoms with Gasteiger partial charge in [0.05, 0.1) is 7.57 Å². The molecule has 0 amide bonds. The van der Waals surface area contributed by atoms with E-state index < -0.39 is 0 Å². The van der Waals surface area contributed by atoms with E-state index in [1.54, 1.807) is 11.3 Å². The van der Waals surface area contributed by atoms with Crippen LogP contribution in [0.15, 0.2) is 13.6 Å². The van der Waals surface area contributed by atoms with Crippen molar-refractivity contribution in [1.82, 2.24) is 5.43 Å². The van der Waals surface area contributed by atoms with E-state index in [1.807, 2.05) is 0 Å². The Balaban J connectivity index is 2.06. The molecule has 1 aromatic heterocycles. The fourth-order valence-corrected chi connectivity index (χ4v) is 5.43. The third kappa shape index (κ3) is 3.07. The van der Waals surface area contributed by atoms with E-state index in [2.05, 4.69) is 43.4 Å². The Kier molecular flexibility index (Phi) is 4.85. The van der Waals surface area contributed by atoms with Crippen molar-refractivity contribution in [2.24, 2.45) is 11.8 Å². The number of thiophene rings is 1. The average molecular weight is 368 g/mol. The third-order valence-electron chi connectivity index (χ3n) is 3.30. The highest BCUT2D eigenvalue weighted by Gasteiger charge is 2.22. The summed E-state index contributed by atoms with van der Waals surface area (Å²) in [5.74, 6) is 6.52. The van der Waals surface area contributed by atoms with Crippen LogP contribution in [0.3, 0.4) is 0 Å². The predicted octanol–water partition coefficient (Wildman–Crippen LogP) is 4.36. The summed E-state index contributed by atoms with van der Waals surface area (Å²) < 4.78 is 2.33. The van der Waals surface area contributed by atoms with Gasteiger partial charge in [-0.05, 0) is 55.8 Å². The van der Waals surface area contributed by atoms with Crippen LogP contribution in [-0.2, 0) is 0 Å². The van der Waals surface area contributed by atoms with Gasteiger partial charge >= 0.3 is 0 Å². The minimum absolute atomic E-state index is 0.278. The average Bonchev–Trinajstić information content (AvgIpc) is 2.85. The van der Waals surface area contributed by atoms with E-state index >= 15 is 0 Å². The second-order valence-corrected chi connectivity index (χ2v) is 8.13. The first kappa shape index (κ1) is 13.0. The van der Waals surface area contributed by atoms with Crippen LogP contribution in [0.5, 0.6) is 0 Å². The molecule has 0 radical (unpaired) electrons. The molecule has 3 N–H and O–H groups in total. The molecule has 0 bridgehead atoms. The van der Waals surface area contributed by atoms with Crippen molar-refractivity contribution in [2.45, 2.75) is 38.1 Å². The standard InChI is InChI=1S/C11H16Br2N2S/c12-10-6-8(11(13)16-10)9(15-14)5-7-3-1-2-4-7/h6-7,9,15H,1-5,14H2. The first-order valence-electron chi connectivity index (χ1n) is 5.61. The van der Waals surface area contributed by atoms with Gasteiger partial charge in [0.2, 0.25) is 0 Å². The van der Waals surface area contributed by atoms with Crippen LogP contribution in [0.2, 0.25) is 0 Å². The molecule has 2 nitrogen and oxygen atoms in total. The fourth-order valence-electron chi connectivity index (χ4n) is 2.45. The van der Waals surface area contributed by atoms with Gasteiger partial charge in [0.25, 0.3) is 0 Å². The van der Waals surface area contributed by atoms with E-state index in [-0.39, 0.29) is 6.04 Å². The molecule has 2 rings (SSSR count). The number of rotatable bonds is 4. The third-order valence-corrected chi connectivity index (χ3v) is 5.69. The molecule has 90 valence electrons. The van der Waals surface area contributed by atoms with Crippen LogP contribution in [0.25, 0.3) is 0 Å². The van der Waals surface area contributed by atoms with E-state index in [1.165, 1.54) is 35.0 Å². The SMILES string of the molecule is NNC(CC1CCCC1)c1cc(Br)sc1Br. The molecule has 0 spiro atoms. The monoisotopic (exact) mass is 366 g/mol. The second kappa shape index (κ2) is 5.96. The summed E-state index contributed by atoms with van der Waals surface area (Å²) in [6, 6.07) is 2.44. The van der Waals surface area contributed by atoms with Gasteiger partial charge in [-0.15, -0.1) is 11.3 Å². The van der Waals surface area contributed by atoms with Gasteiger partial charge < -0.3 is 0 Å². The molecule has 1 fully saturated rings. The molecule has 16 heavy (non-hydrogen) atoms. The zero-order chi connectivity index (χ0) is 11.5.